The number of hydrogen-bond acceptors (Lipinski definition) is 3. The number of hydrogen-bond donors (Lipinski definition) is 2. The number of benzene rings is 1. The molecule has 0 saturated carbocycles. The zero-order valence-corrected chi connectivity index (χ0v) is 15.6. The zero-order valence-electron chi connectivity index (χ0n) is 15.6. The van der Waals surface area contributed by atoms with Crippen LogP contribution in [0.2, 0.25) is 0 Å². The normalized spacial score (nSPS) is 27.9. The van der Waals surface area contributed by atoms with Gasteiger partial charge in [-0.3, -0.25) is 0 Å². The Morgan fingerprint density at radius 2 is 2.12 bits per heavy atom. The Balaban J connectivity index is 1.28. The van der Waals surface area contributed by atoms with Gasteiger partial charge in [-0.25, -0.2) is 9.18 Å². The Hall–Kier alpha value is -1.82. The smallest absolute Gasteiger partial charge is 0.317 e. The summed E-state index contributed by atoms with van der Waals surface area (Å²) in [5.74, 6) is 0.952. The molecule has 5 nitrogen and oxygen atoms in total. The van der Waals surface area contributed by atoms with E-state index in [0.717, 1.165) is 38.0 Å². The minimum Gasteiger partial charge on any atom is -0.491 e. The number of nitrogens with zero attached hydrogens (tertiary/aromatic N) is 1. The van der Waals surface area contributed by atoms with Crippen LogP contribution in [0.3, 0.4) is 0 Å². The number of fused-ring (bicyclic) bond motifs is 1. The first-order valence-electron chi connectivity index (χ1n) is 9.62. The maximum atomic E-state index is 13.3. The van der Waals surface area contributed by atoms with Crippen molar-refractivity contribution in [2.75, 3.05) is 26.2 Å². The molecule has 3 aliphatic rings. The SMILES string of the molecule is CC1(C)CNC1C1CCN(C(=O)NC2COc3cc(F)ccc3C2)CC1. The van der Waals surface area contributed by atoms with Crippen molar-refractivity contribution in [2.24, 2.45) is 11.3 Å². The lowest BCUT2D eigenvalue weighted by molar-refractivity contribution is 0.0454. The summed E-state index contributed by atoms with van der Waals surface area (Å²) >= 11 is 0. The molecule has 1 aromatic carbocycles. The lowest BCUT2D eigenvalue weighted by Crippen LogP contribution is -2.64. The topological polar surface area (TPSA) is 53.6 Å². The monoisotopic (exact) mass is 361 g/mol. The van der Waals surface area contributed by atoms with Crippen molar-refractivity contribution in [1.82, 2.24) is 15.5 Å². The number of nitrogens with one attached hydrogen (secondary N) is 2. The highest BCUT2D eigenvalue weighted by Crippen LogP contribution is 2.37. The van der Waals surface area contributed by atoms with Gasteiger partial charge in [0.2, 0.25) is 0 Å². The maximum absolute atomic E-state index is 13.3. The van der Waals surface area contributed by atoms with E-state index in [1.165, 1.54) is 12.1 Å². The minimum atomic E-state index is -0.293. The van der Waals surface area contributed by atoms with Crippen LogP contribution in [0, 0.1) is 17.2 Å². The summed E-state index contributed by atoms with van der Waals surface area (Å²) < 4.78 is 18.9. The average Bonchev–Trinajstić information content (AvgIpc) is 2.61. The van der Waals surface area contributed by atoms with Gasteiger partial charge in [-0.1, -0.05) is 19.9 Å². The highest BCUT2D eigenvalue weighted by atomic mass is 19.1. The molecule has 1 aromatic rings. The number of piperidine rings is 1. The third-order valence-corrected chi connectivity index (χ3v) is 6.18. The molecule has 3 heterocycles. The fraction of sp³-hybridized carbons (Fsp3) is 0.650. The van der Waals surface area contributed by atoms with E-state index in [9.17, 15) is 9.18 Å². The van der Waals surface area contributed by atoms with Crippen LogP contribution in [-0.2, 0) is 6.42 Å². The average molecular weight is 361 g/mol. The quantitative estimate of drug-likeness (QED) is 0.851. The molecule has 2 saturated heterocycles. The van der Waals surface area contributed by atoms with Gasteiger partial charge in [0.15, 0.2) is 0 Å². The second-order valence-corrected chi connectivity index (χ2v) is 8.59. The van der Waals surface area contributed by atoms with E-state index in [-0.39, 0.29) is 17.9 Å². The minimum absolute atomic E-state index is 0.0107. The van der Waals surface area contributed by atoms with Crippen molar-refractivity contribution < 1.29 is 13.9 Å². The van der Waals surface area contributed by atoms with Crippen LogP contribution < -0.4 is 15.4 Å². The van der Waals surface area contributed by atoms with Crippen molar-refractivity contribution in [3.8, 4) is 5.75 Å². The van der Waals surface area contributed by atoms with Crippen molar-refractivity contribution in [3.63, 3.8) is 0 Å². The van der Waals surface area contributed by atoms with Crippen molar-refractivity contribution >= 4 is 6.03 Å². The lowest BCUT2D eigenvalue weighted by Gasteiger charge is -2.51. The Labute approximate surface area is 154 Å². The molecule has 142 valence electrons. The van der Waals surface area contributed by atoms with E-state index in [1.807, 2.05) is 4.90 Å². The molecule has 26 heavy (non-hydrogen) atoms. The van der Waals surface area contributed by atoms with E-state index >= 15 is 0 Å². The highest BCUT2D eigenvalue weighted by Gasteiger charge is 2.43. The fourth-order valence-corrected chi connectivity index (χ4v) is 4.57. The predicted octanol–water partition coefficient (Wildman–Crippen LogP) is 2.55. The number of halogens is 1. The molecular formula is C20H28FN3O2. The largest absolute Gasteiger partial charge is 0.491 e. The van der Waals surface area contributed by atoms with Crippen LogP contribution in [0.5, 0.6) is 5.75 Å². The van der Waals surface area contributed by atoms with Crippen LogP contribution in [0.25, 0.3) is 0 Å². The molecule has 6 heteroatoms. The standard InChI is InChI=1S/C20H28FN3O2/c1-20(2)12-22-18(20)13-5-7-24(8-6-13)19(25)23-16-9-14-3-4-15(21)10-17(14)26-11-16/h3-4,10,13,16,18,22H,5-9,11-12H2,1-2H3,(H,23,25). The van der Waals surface area contributed by atoms with E-state index in [4.69, 9.17) is 4.74 Å². The first-order valence-corrected chi connectivity index (χ1v) is 9.62. The Bertz CT molecular complexity index is 686. The number of ether oxygens (including phenoxy) is 1. The summed E-state index contributed by atoms with van der Waals surface area (Å²) in [5, 5.41) is 6.65. The van der Waals surface area contributed by atoms with Gasteiger partial charge < -0.3 is 20.3 Å². The van der Waals surface area contributed by atoms with Gasteiger partial charge in [-0.05, 0) is 42.2 Å². The summed E-state index contributed by atoms with van der Waals surface area (Å²) in [5.41, 5.74) is 1.32. The number of carbonyl (C=O) groups is 1. The summed E-state index contributed by atoms with van der Waals surface area (Å²) in [7, 11) is 0. The molecular weight excluding hydrogens is 333 g/mol. The van der Waals surface area contributed by atoms with Crippen molar-refractivity contribution in [1.29, 1.82) is 0 Å². The third-order valence-electron chi connectivity index (χ3n) is 6.18. The van der Waals surface area contributed by atoms with Crippen LogP contribution >= 0.6 is 0 Å². The first-order chi connectivity index (χ1) is 12.4. The van der Waals surface area contributed by atoms with E-state index in [1.54, 1.807) is 6.07 Å². The highest BCUT2D eigenvalue weighted by molar-refractivity contribution is 5.74. The van der Waals surface area contributed by atoms with Crippen LogP contribution in [0.1, 0.15) is 32.3 Å². The van der Waals surface area contributed by atoms with Crippen molar-refractivity contribution in [3.05, 3.63) is 29.6 Å². The Morgan fingerprint density at radius 3 is 2.77 bits per heavy atom. The van der Waals surface area contributed by atoms with Crippen LogP contribution in [0.15, 0.2) is 18.2 Å². The van der Waals surface area contributed by atoms with Gasteiger partial charge in [-0.2, -0.15) is 0 Å². The summed E-state index contributed by atoms with van der Waals surface area (Å²) in [4.78, 5) is 14.5. The molecule has 0 spiro atoms. The molecule has 2 atom stereocenters. The summed E-state index contributed by atoms with van der Waals surface area (Å²) in [6.07, 6.45) is 2.79. The number of urea groups is 1. The fourth-order valence-electron chi connectivity index (χ4n) is 4.57. The second-order valence-electron chi connectivity index (χ2n) is 8.59. The number of likely N-dealkylation sites (tertiary alicyclic amines) is 1. The predicted molar refractivity (Wildman–Crippen MR) is 97.8 cm³/mol. The molecule has 3 aliphatic heterocycles. The van der Waals surface area contributed by atoms with Gasteiger partial charge in [0.1, 0.15) is 18.2 Å². The lowest BCUT2D eigenvalue weighted by atomic mass is 9.68. The Kier molecular flexibility index (Phi) is 4.55. The van der Waals surface area contributed by atoms with E-state index in [0.29, 0.717) is 36.2 Å². The molecule has 2 amide bonds. The molecule has 0 radical (unpaired) electrons. The number of amides is 2. The molecule has 2 fully saturated rings. The van der Waals surface area contributed by atoms with Gasteiger partial charge >= 0.3 is 6.03 Å². The molecule has 2 N–H and O–H groups in total. The molecule has 4 rings (SSSR count). The van der Waals surface area contributed by atoms with Gasteiger partial charge in [0.05, 0.1) is 6.04 Å². The van der Waals surface area contributed by atoms with Crippen LogP contribution in [-0.4, -0.2) is 49.3 Å². The summed E-state index contributed by atoms with van der Waals surface area (Å²) in [6, 6.07) is 5.09. The number of rotatable bonds is 2. The van der Waals surface area contributed by atoms with Crippen molar-refractivity contribution in [2.45, 2.75) is 45.2 Å². The van der Waals surface area contributed by atoms with E-state index in [2.05, 4.69) is 24.5 Å². The van der Waals surface area contributed by atoms with Gasteiger partial charge in [-0.15, -0.1) is 0 Å². The molecule has 0 aromatic heterocycles. The molecule has 0 bridgehead atoms. The van der Waals surface area contributed by atoms with Gasteiger partial charge in [0, 0.05) is 31.7 Å². The second kappa shape index (κ2) is 6.72. The summed E-state index contributed by atoms with van der Waals surface area (Å²) in [6.45, 7) is 7.73. The zero-order chi connectivity index (χ0) is 18.3. The molecule has 0 aliphatic carbocycles. The molecule has 2 unspecified atom stereocenters. The van der Waals surface area contributed by atoms with Crippen LogP contribution in [0.4, 0.5) is 9.18 Å². The maximum Gasteiger partial charge on any atom is 0.317 e. The number of carbonyl (C=O) groups excluding carboxylic acids is 1. The van der Waals surface area contributed by atoms with E-state index < -0.39 is 0 Å². The van der Waals surface area contributed by atoms with Gasteiger partial charge in [0.25, 0.3) is 0 Å². The Morgan fingerprint density at radius 1 is 1.35 bits per heavy atom. The third kappa shape index (κ3) is 3.39. The first kappa shape index (κ1) is 17.6.